The second-order valence-electron chi connectivity index (χ2n) is 7.13. The third-order valence-corrected chi connectivity index (χ3v) is 4.73. The van der Waals surface area contributed by atoms with Crippen molar-refractivity contribution in [1.29, 1.82) is 0 Å². The van der Waals surface area contributed by atoms with E-state index in [0.717, 1.165) is 38.5 Å². The first-order valence-corrected chi connectivity index (χ1v) is 9.50. The van der Waals surface area contributed by atoms with Crippen LogP contribution in [0.2, 0.25) is 0 Å². The maximum Gasteiger partial charge on any atom is 0.0634 e. The standard InChI is InChI=1S/C18H42N4/c1-3-5-6-7-8-9-10-11-16(19)12-13-17(20)14-15-18(21,22)4-2/h16-17H,3-15,19-22H2,1-2H3. The lowest BCUT2D eigenvalue weighted by atomic mass is 9.95. The average Bonchev–Trinajstić information content (AvgIpc) is 2.50. The Hall–Kier alpha value is -0.160. The molecule has 0 radical (unpaired) electrons. The van der Waals surface area contributed by atoms with Gasteiger partial charge in [0.2, 0.25) is 0 Å². The predicted molar refractivity (Wildman–Crippen MR) is 98.4 cm³/mol. The summed E-state index contributed by atoms with van der Waals surface area (Å²) in [6.07, 6.45) is 15.0. The molecule has 0 rings (SSSR count). The molecular formula is C18H42N4. The van der Waals surface area contributed by atoms with Gasteiger partial charge in [-0.2, -0.15) is 0 Å². The van der Waals surface area contributed by atoms with E-state index in [1.807, 2.05) is 6.92 Å². The molecule has 0 fully saturated rings. The zero-order valence-electron chi connectivity index (χ0n) is 15.2. The number of hydrogen-bond acceptors (Lipinski definition) is 4. The van der Waals surface area contributed by atoms with Gasteiger partial charge >= 0.3 is 0 Å². The number of rotatable bonds is 15. The van der Waals surface area contributed by atoms with Crippen molar-refractivity contribution in [1.82, 2.24) is 0 Å². The third-order valence-electron chi connectivity index (χ3n) is 4.73. The normalized spacial score (nSPS) is 15.0. The molecule has 0 aromatic carbocycles. The molecule has 0 aliphatic carbocycles. The van der Waals surface area contributed by atoms with Crippen molar-refractivity contribution < 1.29 is 0 Å². The van der Waals surface area contributed by atoms with Crippen LogP contribution in [0, 0.1) is 0 Å². The smallest absolute Gasteiger partial charge is 0.0634 e. The Bertz CT molecular complexity index is 243. The highest BCUT2D eigenvalue weighted by atomic mass is 14.9. The Kier molecular flexibility index (Phi) is 13.2. The van der Waals surface area contributed by atoms with Crippen LogP contribution in [0.4, 0.5) is 0 Å². The van der Waals surface area contributed by atoms with Crippen LogP contribution in [0.1, 0.15) is 97.3 Å². The first kappa shape index (κ1) is 21.8. The summed E-state index contributed by atoms with van der Waals surface area (Å²) in [5.74, 6) is 0. The van der Waals surface area contributed by atoms with Crippen molar-refractivity contribution in [2.75, 3.05) is 0 Å². The lowest BCUT2D eigenvalue weighted by molar-refractivity contribution is 0.355. The van der Waals surface area contributed by atoms with E-state index in [-0.39, 0.29) is 6.04 Å². The van der Waals surface area contributed by atoms with E-state index in [0.29, 0.717) is 6.04 Å². The van der Waals surface area contributed by atoms with Gasteiger partial charge in [0.25, 0.3) is 0 Å². The summed E-state index contributed by atoms with van der Waals surface area (Å²) in [5, 5.41) is 0. The highest BCUT2D eigenvalue weighted by molar-refractivity contribution is 4.78. The van der Waals surface area contributed by atoms with E-state index in [9.17, 15) is 0 Å². The number of hydrogen-bond donors (Lipinski definition) is 4. The molecule has 0 aliphatic rings. The molecule has 2 unspecified atom stereocenters. The van der Waals surface area contributed by atoms with Gasteiger partial charge in [0.15, 0.2) is 0 Å². The summed E-state index contributed by atoms with van der Waals surface area (Å²) in [5.41, 5.74) is 23.7. The minimum absolute atomic E-state index is 0.179. The lowest BCUT2D eigenvalue weighted by Crippen LogP contribution is -2.49. The van der Waals surface area contributed by atoms with Gasteiger partial charge in [-0.3, -0.25) is 0 Å². The second kappa shape index (κ2) is 13.3. The SMILES string of the molecule is CCCCCCCCCC(N)CCC(N)CCC(N)(N)CC. The molecule has 134 valence electrons. The fraction of sp³-hybridized carbons (Fsp3) is 1.00. The van der Waals surface area contributed by atoms with Crippen LogP contribution in [0.3, 0.4) is 0 Å². The molecule has 0 saturated carbocycles. The van der Waals surface area contributed by atoms with Gasteiger partial charge < -0.3 is 22.9 Å². The zero-order chi connectivity index (χ0) is 16.8. The summed E-state index contributed by atoms with van der Waals surface area (Å²) < 4.78 is 0. The molecule has 2 atom stereocenters. The third kappa shape index (κ3) is 13.5. The van der Waals surface area contributed by atoms with Gasteiger partial charge in [0, 0.05) is 12.1 Å². The van der Waals surface area contributed by atoms with Gasteiger partial charge in [0.05, 0.1) is 5.66 Å². The van der Waals surface area contributed by atoms with Gasteiger partial charge in [-0.05, 0) is 38.5 Å². The largest absolute Gasteiger partial charge is 0.328 e. The topological polar surface area (TPSA) is 104 Å². The summed E-state index contributed by atoms with van der Waals surface area (Å²) >= 11 is 0. The Labute approximate surface area is 138 Å². The average molecular weight is 315 g/mol. The van der Waals surface area contributed by atoms with Crippen molar-refractivity contribution in [3.8, 4) is 0 Å². The first-order valence-electron chi connectivity index (χ1n) is 9.50. The molecule has 4 heteroatoms. The molecule has 22 heavy (non-hydrogen) atoms. The Morgan fingerprint density at radius 1 is 0.682 bits per heavy atom. The van der Waals surface area contributed by atoms with E-state index < -0.39 is 5.66 Å². The van der Waals surface area contributed by atoms with Crippen LogP contribution in [-0.4, -0.2) is 17.7 Å². The van der Waals surface area contributed by atoms with Gasteiger partial charge in [-0.1, -0.05) is 58.8 Å². The molecule has 0 aromatic rings. The molecule has 0 spiro atoms. The molecule has 0 bridgehead atoms. The highest BCUT2D eigenvalue weighted by Gasteiger charge is 2.17. The highest BCUT2D eigenvalue weighted by Crippen LogP contribution is 2.14. The molecule has 0 saturated heterocycles. The van der Waals surface area contributed by atoms with Crippen molar-refractivity contribution in [3.05, 3.63) is 0 Å². The quantitative estimate of drug-likeness (QED) is 0.275. The van der Waals surface area contributed by atoms with Crippen LogP contribution in [0.25, 0.3) is 0 Å². The van der Waals surface area contributed by atoms with Gasteiger partial charge in [-0.25, -0.2) is 0 Å². The monoisotopic (exact) mass is 314 g/mol. The molecule has 0 aliphatic heterocycles. The molecule has 8 N–H and O–H groups in total. The minimum atomic E-state index is -0.558. The summed E-state index contributed by atoms with van der Waals surface area (Å²) in [6, 6.07) is 0.478. The van der Waals surface area contributed by atoms with E-state index >= 15 is 0 Å². The van der Waals surface area contributed by atoms with E-state index in [1.165, 1.54) is 44.9 Å². The fourth-order valence-electron chi connectivity index (χ4n) is 2.71. The van der Waals surface area contributed by atoms with Crippen LogP contribution in [0.15, 0.2) is 0 Å². The first-order chi connectivity index (χ1) is 10.4. The zero-order valence-corrected chi connectivity index (χ0v) is 15.2. The maximum absolute atomic E-state index is 6.19. The second-order valence-corrected chi connectivity index (χ2v) is 7.13. The van der Waals surface area contributed by atoms with Crippen LogP contribution >= 0.6 is 0 Å². The summed E-state index contributed by atoms with van der Waals surface area (Å²) in [7, 11) is 0. The molecule has 0 amide bonds. The van der Waals surface area contributed by atoms with Crippen molar-refractivity contribution >= 4 is 0 Å². The van der Waals surface area contributed by atoms with E-state index in [2.05, 4.69) is 6.92 Å². The Morgan fingerprint density at radius 3 is 1.73 bits per heavy atom. The number of unbranched alkanes of at least 4 members (excludes halogenated alkanes) is 6. The molecular weight excluding hydrogens is 272 g/mol. The van der Waals surface area contributed by atoms with Crippen molar-refractivity contribution in [2.45, 2.75) is 115 Å². The predicted octanol–water partition coefficient (Wildman–Crippen LogP) is 3.37. The molecule has 4 nitrogen and oxygen atoms in total. The fourth-order valence-corrected chi connectivity index (χ4v) is 2.71. The summed E-state index contributed by atoms with van der Waals surface area (Å²) in [4.78, 5) is 0. The van der Waals surface area contributed by atoms with E-state index in [4.69, 9.17) is 22.9 Å². The van der Waals surface area contributed by atoms with E-state index in [1.54, 1.807) is 0 Å². The minimum Gasteiger partial charge on any atom is -0.328 e. The van der Waals surface area contributed by atoms with Crippen molar-refractivity contribution in [3.63, 3.8) is 0 Å². The molecule has 0 heterocycles. The van der Waals surface area contributed by atoms with Crippen LogP contribution < -0.4 is 22.9 Å². The van der Waals surface area contributed by atoms with Crippen molar-refractivity contribution in [2.24, 2.45) is 22.9 Å². The van der Waals surface area contributed by atoms with Crippen LogP contribution in [0.5, 0.6) is 0 Å². The van der Waals surface area contributed by atoms with Gasteiger partial charge in [-0.15, -0.1) is 0 Å². The Morgan fingerprint density at radius 2 is 1.18 bits per heavy atom. The maximum atomic E-state index is 6.19. The van der Waals surface area contributed by atoms with Gasteiger partial charge in [0.1, 0.15) is 0 Å². The number of nitrogens with two attached hydrogens (primary N) is 4. The Balaban J connectivity index is 3.50. The molecule has 0 aromatic heterocycles. The summed E-state index contributed by atoms with van der Waals surface area (Å²) in [6.45, 7) is 4.27. The lowest BCUT2D eigenvalue weighted by Gasteiger charge is -2.24. The van der Waals surface area contributed by atoms with Crippen LogP contribution in [-0.2, 0) is 0 Å².